The second-order valence-corrected chi connectivity index (χ2v) is 10.0. The van der Waals surface area contributed by atoms with Crippen LogP contribution in [0.25, 0.3) is 0 Å². The lowest BCUT2D eigenvalue weighted by Gasteiger charge is -2.57. The van der Waals surface area contributed by atoms with E-state index in [2.05, 4.69) is 45.9 Å². The van der Waals surface area contributed by atoms with Gasteiger partial charge in [-0.15, -0.1) is 0 Å². The van der Waals surface area contributed by atoms with Crippen molar-refractivity contribution >= 4 is 0 Å². The van der Waals surface area contributed by atoms with Crippen molar-refractivity contribution in [3.05, 3.63) is 35.1 Å². The fourth-order valence-corrected chi connectivity index (χ4v) is 7.67. The molecule has 0 aromatic carbocycles. The molecule has 0 N–H and O–H groups in total. The van der Waals surface area contributed by atoms with Gasteiger partial charge in [-0.25, -0.2) is 0 Å². The van der Waals surface area contributed by atoms with Crippen molar-refractivity contribution in [3.63, 3.8) is 0 Å². The zero-order chi connectivity index (χ0) is 18.5. The van der Waals surface area contributed by atoms with E-state index in [1.165, 1.54) is 50.7 Å². The fourth-order valence-electron chi connectivity index (χ4n) is 7.67. The van der Waals surface area contributed by atoms with Crippen LogP contribution in [0.1, 0.15) is 79.1 Å². The third-order valence-electron chi connectivity index (χ3n) is 9.07. The van der Waals surface area contributed by atoms with Gasteiger partial charge in [0.15, 0.2) is 0 Å². The van der Waals surface area contributed by atoms with Crippen LogP contribution in [0.4, 0.5) is 0 Å². The predicted molar refractivity (Wildman–Crippen MR) is 110 cm³/mol. The van der Waals surface area contributed by atoms with E-state index in [-0.39, 0.29) is 0 Å². The second-order valence-electron chi connectivity index (χ2n) is 10.0. The monoisotopic (exact) mass is 354 g/mol. The molecule has 0 heterocycles. The summed E-state index contributed by atoms with van der Waals surface area (Å²) >= 11 is 0. The van der Waals surface area contributed by atoms with E-state index in [0.29, 0.717) is 10.8 Å². The molecular formula is C25H38O. The maximum atomic E-state index is 5.58. The first-order valence-corrected chi connectivity index (χ1v) is 11.1. The van der Waals surface area contributed by atoms with E-state index in [0.717, 1.165) is 30.1 Å². The molecule has 4 unspecified atom stereocenters. The highest BCUT2D eigenvalue weighted by atomic mass is 16.5. The molecular weight excluding hydrogens is 316 g/mol. The van der Waals surface area contributed by atoms with E-state index in [1.807, 2.05) is 7.11 Å². The average molecular weight is 355 g/mol. The minimum Gasteiger partial charge on any atom is -0.501 e. The maximum absolute atomic E-state index is 5.58. The Morgan fingerprint density at radius 1 is 1.19 bits per heavy atom. The molecule has 4 rings (SSSR count). The molecule has 0 aliphatic heterocycles. The first-order chi connectivity index (χ1) is 12.4. The summed E-state index contributed by atoms with van der Waals surface area (Å²) in [4.78, 5) is 0. The Kier molecular flexibility index (Phi) is 4.65. The van der Waals surface area contributed by atoms with Gasteiger partial charge in [0, 0.05) is 6.42 Å². The van der Waals surface area contributed by atoms with Gasteiger partial charge in [0.1, 0.15) is 0 Å². The molecule has 1 heteroatoms. The smallest absolute Gasteiger partial charge is 0.0958 e. The Morgan fingerprint density at radius 2 is 2.00 bits per heavy atom. The molecule has 0 radical (unpaired) electrons. The number of methoxy groups -OCH3 is 1. The van der Waals surface area contributed by atoms with Crippen LogP contribution in [0.5, 0.6) is 0 Å². The molecule has 2 fully saturated rings. The largest absolute Gasteiger partial charge is 0.501 e. The van der Waals surface area contributed by atoms with Gasteiger partial charge in [0.2, 0.25) is 0 Å². The van der Waals surface area contributed by atoms with Crippen molar-refractivity contribution in [1.29, 1.82) is 0 Å². The van der Waals surface area contributed by atoms with Crippen molar-refractivity contribution < 1.29 is 4.74 Å². The topological polar surface area (TPSA) is 9.23 Å². The van der Waals surface area contributed by atoms with Crippen LogP contribution in [0, 0.1) is 34.5 Å². The number of hydrogen-bond acceptors (Lipinski definition) is 1. The van der Waals surface area contributed by atoms with Gasteiger partial charge in [0.25, 0.3) is 0 Å². The number of hydrogen-bond donors (Lipinski definition) is 0. The average Bonchev–Trinajstić information content (AvgIpc) is 2.98. The van der Waals surface area contributed by atoms with Gasteiger partial charge in [-0.2, -0.15) is 0 Å². The molecule has 6 atom stereocenters. The van der Waals surface area contributed by atoms with Crippen LogP contribution in [0.3, 0.4) is 0 Å². The molecule has 26 heavy (non-hydrogen) atoms. The zero-order valence-corrected chi connectivity index (χ0v) is 17.6. The van der Waals surface area contributed by atoms with Crippen molar-refractivity contribution in [2.24, 2.45) is 34.5 Å². The van der Waals surface area contributed by atoms with E-state index in [4.69, 9.17) is 4.74 Å². The highest BCUT2D eigenvalue weighted by molar-refractivity contribution is 5.36. The molecule has 4 aliphatic carbocycles. The molecule has 144 valence electrons. The molecule has 4 aliphatic rings. The lowest BCUT2D eigenvalue weighted by molar-refractivity contribution is -0.0318. The van der Waals surface area contributed by atoms with Gasteiger partial charge in [0.05, 0.1) is 12.9 Å². The summed E-state index contributed by atoms with van der Waals surface area (Å²) in [6, 6.07) is 0. The number of rotatable bonds is 3. The predicted octanol–water partition coefficient (Wildman–Crippen LogP) is 7.06. The first kappa shape index (κ1) is 18.4. The van der Waals surface area contributed by atoms with Crippen LogP contribution in [-0.4, -0.2) is 7.11 Å². The summed E-state index contributed by atoms with van der Waals surface area (Å²) in [6.07, 6.45) is 18.1. The van der Waals surface area contributed by atoms with Crippen LogP contribution >= 0.6 is 0 Å². The number of allylic oxidation sites excluding steroid dienone is 6. The highest BCUT2D eigenvalue weighted by Gasteiger charge is 2.58. The Labute approximate surface area is 161 Å². The molecule has 0 saturated heterocycles. The summed E-state index contributed by atoms with van der Waals surface area (Å²) in [5, 5.41) is 0. The zero-order valence-electron chi connectivity index (χ0n) is 17.6. The molecule has 0 aromatic rings. The number of fused-ring (bicyclic) bond motifs is 5. The standard InChI is InChI=1S/C25H38O/c1-6-7-17(2)21-10-11-22-20-9-8-18-16-19(26-5)12-14-24(18,3)23(20)13-15-25(21,22)4/h7-8,16,20-23H,6,9-15H2,1-5H3/b17-7+/t20?,21?,22?,23?,24-,25+/m0/s1. The Hall–Kier alpha value is -0.980. The molecule has 1 nitrogen and oxygen atoms in total. The van der Waals surface area contributed by atoms with Gasteiger partial charge in [-0.05, 0) is 98.0 Å². The molecule has 0 amide bonds. The van der Waals surface area contributed by atoms with E-state index >= 15 is 0 Å². The SMILES string of the molecule is CC/C=C(\C)C1CCC2C3CC=C4C=C(OC)CC[C@]4(C)C3CC[C@]12C. The minimum atomic E-state index is 0.388. The van der Waals surface area contributed by atoms with Crippen LogP contribution < -0.4 is 0 Å². The summed E-state index contributed by atoms with van der Waals surface area (Å²) in [5.41, 5.74) is 4.20. The van der Waals surface area contributed by atoms with Crippen molar-refractivity contribution in [2.75, 3.05) is 7.11 Å². The molecule has 0 spiro atoms. The lowest BCUT2D eigenvalue weighted by atomic mass is 9.48. The highest BCUT2D eigenvalue weighted by Crippen LogP contribution is 2.66. The molecule has 0 bridgehead atoms. The van der Waals surface area contributed by atoms with Crippen molar-refractivity contribution in [3.8, 4) is 0 Å². The third kappa shape index (κ3) is 2.56. The van der Waals surface area contributed by atoms with Crippen molar-refractivity contribution in [1.82, 2.24) is 0 Å². The second kappa shape index (κ2) is 6.57. The summed E-state index contributed by atoms with van der Waals surface area (Å²) < 4.78 is 5.58. The Bertz CT molecular complexity index is 653. The Balaban J connectivity index is 1.64. The molecule has 2 saturated carbocycles. The fraction of sp³-hybridized carbons (Fsp3) is 0.760. The van der Waals surface area contributed by atoms with E-state index in [9.17, 15) is 0 Å². The maximum Gasteiger partial charge on any atom is 0.0958 e. The lowest BCUT2D eigenvalue weighted by Crippen LogP contribution is -2.49. The normalized spacial score (nSPS) is 45.2. The van der Waals surface area contributed by atoms with Gasteiger partial charge in [-0.1, -0.05) is 38.5 Å². The van der Waals surface area contributed by atoms with Gasteiger partial charge < -0.3 is 4.74 Å². The van der Waals surface area contributed by atoms with Crippen molar-refractivity contribution in [2.45, 2.75) is 79.1 Å². The van der Waals surface area contributed by atoms with Crippen LogP contribution in [-0.2, 0) is 4.74 Å². The Morgan fingerprint density at radius 3 is 2.73 bits per heavy atom. The first-order valence-electron chi connectivity index (χ1n) is 11.1. The van der Waals surface area contributed by atoms with Crippen LogP contribution in [0.15, 0.2) is 35.1 Å². The van der Waals surface area contributed by atoms with E-state index in [1.54, 1.807) is 11.1 Å². The summed E-state index contributed by atoms with van der Waals surface area (Å²) in [6.45, 7) is 9.90. The minimum absolute atomic E-state index is 0.388. The third-order valence-corrected chi connectivity index (χ3v) is 9.07. The summed E-state index contributed by atoms with van der Waals surface area (Å²) in [7, 11) is 1.83. The van der Waals surface area contributed by atoms with Gasteiger partial charge in [-0.3, -0.25) is 0 Å². The number of ether oxygens (including phenoxy) is 1. The van der Waals surface area contributed by atoms with E-state index < -0.39 is 0 Å². The summed E-state index contributed by atoms with van der Waals surface area (Å²) in [5.74, 6) is 4.73. The molecule has 0 aromatic heterocycles. The quantitative estimate of drug-likeness (QED) is 0.493. The van der Waals surface area contributed by atoms with Gasteiger partial charge >= 0.3 is 0 Å². The van der Waals surface area contributed by atoms with Crippen LogP contribution in [0.2, 0.25) is 0 Å².